The molecule has 33 heavy (non-hydrogen) atoms. The van der Waals surface area contributed by atoms with E-state index in [1.165, 1.54) is 17.8 Å². The van der Waals surface area contributed by atoms with Crippen molar-refractivity contribution in [3.63, 3.8) is 0 Å². The molecule has 1 atom stereocenters. The van der Waals surface area contributed by atoms with Gasteiger partial charge in [0.1, 0.15) is 11.5 Å². The Kier molecular flexibility index (Phi) is 7.16. The van der Waals surface area contributed by atoms with Gasteiger partial charge >= 0.3 is 0 Å². The molecule has 0 spiro atoms. The van der Waals surface area contributed by atoms with Gasteiger partial charge in [0.2, 0.25) is 5.91 Å². The fraction of sp³-hybridized carbons (Fsp3) is 0.125. The number of hydrogen-bond acceptors (Lipinski definition) is 6. The molecule has 0 bridgehead atoms. The Morgan fingerprint density at radius 1 is 1.09 bits per heavy atom. The zero-order valence-electron chi connectivity index (χ0n) is 17.7. The van der Waals surface area contributed by atoms with Crippen molar-refractivity contribution in [3.8, 4) is 17.2 Å². The molecule has 1 unspecified atom stereocenters. The monoisotopic (exact) mass is 480 g/mol. The van der Waals surface area contributed by atoms with Crippen molar-refractivity contribution >= 4 is 35.0 Å². The van der Waals surface area contributed by atoms with E-state index in [2.05, 4.69) is 15.5 Å². The lowest BCUT2D eigenvalue weighted by molar-refractivity contribution is -0.113. The van der Waals surface area contributed by atoms with Gasteiger partial charge in [-0.05, 0) is 43.3 Å². The highest BCUT2D eigenvalue weighted by atomic mass is 35.5. The Morgan fingerprint density at radius 3 is 2.61 bits per heavy atom. The lowest BCUT2D eigenvalue weighted by Gasteiger charge is -2.17. The SMILES string of the molecule is CC(Oc1ccccc1Cl)c1nnc(SCC(=O)Nc2cccc(O)c2)n1-c1ccccc1. The molecule has 2 N–H and O–H groups in total. The van der Waals surface area contributed by atoms with Crippen LogP contribution in [0.1, 0.15) is 18.9 Å². The van der Waals surface area contributed by atoms with Crippen molar-refractivity contribution in [2.24, 2.45) is 0 Å². The van der Waals surface area contributed by atoms with Crippen LogP contribution in [0.3, 0.4) is 0 Å². The number of rotatable bonds is 8. The van der Waals surface area contributed by atoms with Crippen molar-refractivity contribution in [2.45, 2.75) is 18.2 Å². The largest absolute Gasteiger partial charge is 0.508 e. The maximum Gasteiger partial charge on any atom is 0.234 e. The second-order valence-corrected chi connectivity index (χ2v) is 8.44. The molecule has 9 heteroatoms. The van der Waals surface area contributed by atoms with Gasteiger partial charge in [0.05, 0.1) is 10.8 Å². The van der Waals surface area contributed by atoms with Crippen LogP contribution in [-0.4, -0.2) is 31.5 Å². The van der Waals surface area contributed by atoms with Gasteiger partial charge in [0, 0.05) is 17.4 Å². The number of carbonyl (C=O) groups excluding carboxylic acids is 1. The van der Waals surface area contributed by atoms with E-state index in [1.54, 1.807) is 30.3 Å². The predicted molar refractivity (Wildman–Crippen MR) is 129 cm³/mol. The van der Waals surface area contributed by atoms with E-state index in [4.69, 9.17) is 16.3 Å². The number of carbonyl (C=O) groups is 1. The molecule has 168 valence electrons. The average Bonchev–Trinajstić information content (AvgIpc) is 3.24. The van der Waals surface area contributed by atoms with Crippen molar-refractivity contribution in [3.05, 3.63) is 89.7 Å². The van der Waals surface area contributed by atoms with Crippen LogP contribution < -0.4 is 10.1 Å². The normalized spacial score (nSPS) is 11.7. The van der Waals surface area contributed by atoms with E-state index in [-0.39, 0.29) is 17.4 Å². The molecule has 1 heterocycles. The fourth-order valence-electron chi connectivity index (χ4n) is 3.15. The molecule has 1 amide bonds. The first-order valence-electron chi connectivity index (χ1n) is 10.1. The maximum absolute atomic E-state index is 12.5. The highest BCUT2D eigenvalue weighted by Crippen LogP contribution is 2.31. The number of para-hydroxylation sites is 2. The van der Waals surface area contributed by atoms with Gasteiger partial charge in [-0.3, -0.25) is 9.36 Å². The van der Waals surface area contributed by atoms with Crippen LogP contribution in [-0.2, 0) is 4.79 Å². The van der Waals surface area contributed by atoms with Crippen molar-refractivity contribution in [1.82, 2.24) is 14.8 Å². The summed E-state index contributed by atoms with van der Waals surface area (Å²) in [6, 6.07) is 23.3. The number of phenolic OH excluding ortho intramolecular Hbond substituents is 1. The molecular weight excluding hydrogens is 460 g/mol. The number of benzene rings is 3. The number of aromatic nitrogens is 3. The van der Waals surface area contributed by atoms with E-state index in [0.717, 1.165) is 5.69 Å². The summed E-state index contributed by atoms with van der Waals surface area (Å²) >= 11 is 7.50. The Bertz CT molecular complexity index is 1250. The molecule has 0 aliphatic heterocycles. The number of halogens is 1. The summed E-state index contributed by atoms with van der Waals surface area (Å²) in [6.07, 6.45) is -0.451. The number of nitrogens with one attached hydrogen (secondary N) is 1. The lowest BCUT2D eigenvalue weighted by atomic mass is 10.3. The molecule has 0 fully saturated rings. The first kappa shape index (κ1) is 22.7. The number of amides is 1. The average molecular weight is 481 g/mol. The van der Waals surface area contributed by atoms with Crippen LogP contribution in [0.5, 0.6) is 11.5 Å². The number of anilines is 1. The zero-order valence-corrected chi connectivity index (χ0v) is 19.3. The van der Waals surface area contributed by atoms with Crippen LogP contribution in [0.25, 0.3) is 5.69 Å². The minimum absolute atomic E-state index is 0.0847. The van der Waals surface area contributed by atoms with E-state index >= 15 is 0 Å². The number of nitrogens with zero attached hydrogens (tertiary/aromatic N) is 3. The molecule has 0 aliphatic rings. The third-order valence-electron chi connectivity index (χ3n) is 4.64. The molecular formula is C24H21ClN4O3S. The number of thioether (sulfide) groups is 1. The zero-order chi connectivity index (χ0) is 23.2. The Labute approximate surface area is 200 Å². The van der Waals surface area contributed by atoms with Crippen LogP contribution in [0, 0.1) is 0 Å². The molecule has 0 radical (unpaired) electrons. The van der Waals surface area contributed by atoms with Gasteiger partial charge in [0.15, 0.2) is 17.1 Å². The first-order valence-corrected chi connectivity index (χ1v) is 11.5. The Hall–Kier alpha value is -3.49. The first-order chi connectivity index (χ1) is 16.0. The number of ether oxygens (including phenoxy) is 1. The van der Waals surface area contributed by atoms with Crippen LogP contribution in [0.2, 0.25) is 5.02 Å². The molecule has 0 aliphatic carbocycles. The number of aromatic hydroxyl groups is 1. The third kappa shape index (κ3) is 5.66. The highest BCUT2D eigenvalue weighted by Gasteiger charge is 2.22. The van der Waals surface area contributed by atoms with Gasteiger partial charge in [-0.25, -0.2) is 0 Å². The van der Waals surface area contributed by atoms with Crippen molar-refractivity contribution in [1.29, 1.82) is 0 Å². The standard InChI is InChI=1S/C24H21ClN4O3S/c1-16(32-21-13-6-5-12-20(21)25)23-27-28-24(29(23)18-9-3-2-4-10-18)33-15-22(31)26-17-8-7-11-19(30)14-17/h2-14,16,30H,15H2,1H3,(H,26,31). The van der Waals surface area contributed by atoms with Gasteiger partial charge in [-0.2, -0.15) is 0 Å². The Balaban J connectivity index is 1.55. The molecule has 4 rings (SSSR count). The molecule has 0 saturated carbocycles. The van der Waals surface area contributed by atoms with Gasteiger partial charge in [-0.15, -0.1) is 10.2 Å². The van der Waals surface area contributed by atoms with E-state index in [9.17, 15) is 9.90 Å². The van der Waals surface area contributed by atoms with E-state index in [0.29, 0.717) is 27.4 Å². The van der Waals surface area contributed by atoms with Gasteiger partial charge in [-0.1, -0.05) is 59.8 Å². The molecule has 3 aromatic carbocycles. The summed E-state index contributed by atoms with van der Waals surface area (Å²) in [4.78, 5) is 12.5. The minimum atomic E-state index is -0.451. The number of hydrogen-bond donors (Lipinski definition) is 2. The second kappa shape index (κ2) is 10.4. The summed E-state index contributed by atoms with van der Waals surface area (Å²) < 4.78 is 7.92. The maximum atomic E-state index is 12.5. The third-order valence-corrected chi connectivity index (χ3v) is 5.88. The molecule has 4 aromatic rings. The molecule has 1 aromatic heterocycles. The lowest BCUT2D eigenvalue weighted by Crippen LogP contribution is -2.15. The summed E-state index contributed by atoms with van der Waals surface area (Å²) in [7, 11) is 0. The minimum Gasteiger partial charge on any atom is -0.508 e. The second-order valence-electron chi connectivity index (χ2n) is 7.09. The predicted octanol–water partition coefficient (Wildman–Crippen LogP) is 5.50. The van der Waals surface area contributed by atoms with Crippen molar-refractivity contribution in [2.75, 3.05) is 11.1 Å². The topological polar surface area (TPSA) is 89.3 Å². The van der Waals surface area contributed by atoms with Gasteiger partial charge in [0.25, 0.3) is 0 Å². The highest BCUT2D eigenvalue weighted by molar-refractivity contribution is 7.99. The van der Waals surface area contributed by atoms with Crippen LogP contribution >= 0.6 is 23.4 Å². The Morgan fingerprint density at radius 2 is 1.85 bits per heavy atom. The van der Waals surface area contributed by atoms with Crippen LogP contribution in [0.15, 0.2) is 84.0 Å². The fourth-order valence-corrected chi connectivity index (χ4v) is 4.09. The molecule has 0 saturated heterocycles. The van der Waals surface area contributed by atoms with Crippen LogP contribution in [0.4, 0.5) is 5.69 Å². The van der Waals surface area contributed by atoms with Gasteiger partial charge < -0.3 is 15.2 Å². The summed E-state index contributed by atoms with van der Waals surface area (Å²) in [5, 5.41) is 22.1. The smallest absolute Gasteiger partial charge is 0.234 e. The van der Waals surface area contributed by atoms with E-state index in [1.807, 2.05) is 54.0 Å². The summed E-state index contributed by atoms with van der Waals surface area (Å²) in [5.41, 5.74) is 1.37. The summed E-state index contributed by atoms with van der Waals surface area (Å²) in [6.45, 7) is 1.87. The van der Waals surface area contributed by atoms with Crippen molar-refractivity contribution < 1.29 is 14.6 Å². The molecule has 7 nitrogen and oxygen atoms in total. The quantitative estimate of drug-likeness (QED) is 0.324. The number of phenols is 1. The van der Waals surface area contributed by atoms with E-state index < -0.39 is 6.10 Å². The summed E-state index contributed by atoms with van der Waals surface area (Å²) in [5.74, 6) is 1.10.